The molecular formula is C21H26N4O3. The van der Waals surface area contributed by atoms with Gasteiger partial charge in [-0.25, -0.2) is 4.79 Å². The van der Waals surface area contributed by atoms with Crippen LogP contribution in [-0.2, 0) is 0 Å². The number of anilines is 1. The Morgan fingerprint density at radius 1 is 0.964 bits per heavy atom. The highest BCUT2D eigenvalue weighted by molar-refractivity contribution is 5.95. The second kappa shape index (κ2) is 10.1. The molecule has 0 saturated heterocycles. The molecule has 7 nitrogen and oxygen atoms in total. The summed E-state index contributed by atoms with van der Waals surface area (Å²) in [5.41, 5.74) is 6.81. The number of amides is 1. The quantitative estimate of drug-likeness (QED) is 0.280. The second-order valence-corrected chi connectivity index (χ2v) is 6.32. The van der Waals surface area contributed by atoms with E-state index in [1.54, 1.807) is 48.5 Å². The van der Waals surface area contributed by atoms with E-state index in [0.29, 0.717) is 22.6 Å². The van der Waals surface area contributed by atoms with Crippen LogP contribution in [0.1, 0.15) is 47.4 Å². The van der Waals surface area contributed by atoms with Gasteiger partial charge in [0.05, 0.1) is 5.56 Å². The average Bonchev–Trinajstić information content (AvgIpc) is 2.68. The normalized spacial score (nSPS) is 10.2. The first kappa shape index (κ1) is 21.0. The predicted octanol–water partition coefficient (Wildman–Crippen LogP) is 3.47. The Labute approximate surface area is 165 Å². The van der Waals surface area contributed by atoms with Crippen LogP contribution in [0.4, 0.5) is 5.69 Å². The fourth-order valence-electron chi connectivity index (χ4n) is 2.71. The van der Waals surface area contributed by atoms with E-state index >= 15 is 0 Å². The Morgan fingerprint density at radius 3 is 2.00 bits per heavy atom. The second-order valence-electron chi connectivity index (χ2n) is 6.32. The molecule has 4 N–H and O–H groups in total. The molecule has 0 bridgehead atoms. The molecule has 2 aromatic carbocycles. The highest BCUT2D eigenvalue weighted by Gasteiger charge is 2.15. The van der Waals surface area contributed by atoms with Crippen molar-refractivity contribution in [1.29, 1.82) is 5.41 Å². The average molecular weight is 382 g/mol. The molecule has 7 heteroatoms. The molecule has 0 heterocycles. The maximum Gasteiger partial charge on any atom is 0.343 e. The molecule has 0 aliphatic heterocycles. The van der Waals surface area contributed by atoms with Crippen molar-refractivity contribution in [3.05, 3.63) is 59.7 Å². The summed E-state index contributed by atoms with van der Waals surface area (Å²) in [5, 5.41) is 9.82. The number of rotatable bonds is 8. The molecule has 2 aromatic rings. The number of nitrogens with zero attached hydrogens (tertiary/aromatic N) is 1. The summed E-state index contributed by atoms with van der Waals surface area (Å²) in [6.07, 6.45) is 1.81. The molecule has 2 rings (SSSR count). The lowest BCUT2D eigenvalue weighted by Crippen LogP contribution is -2.32. The largest absolute Gasteiger partial charge is 0.423 e. The topological polar surface area (TPSA) is 109 Å². The van der Waals surface area contributed by atoms with Crippen molar-refractivity contribution in [2.75, 3.05) is 18.4 Å². The van der Waals surface area contributed by atoms with Crippen molar-refractivity contribution in [2.45, 2.75) is 26.7 Å². The van der Waals surface area contributed by atoms with Gasteiger partial charge in [-0.2, -0.15) is 0 Å². The van der Waals surface area contributed by atoms with Crippen molar-refractivity contribution in [3.8, 4) is 5.75 Å². The van der Waals surface area contributed by atoms with Crippen LogP contribution in [0.15, 0.2) is 48.5 Å². The van der Waals surface area contributed by atoms with Gasteiger partial charge in [-0.3, -0.25) is 10.2 Å². The summed E-state index contributed by atoms with van der Waals surface area (Å²) in [5.74, 6) is -0.339. The standard InChI is InChI=1S/C21H26N4O3/c1-3-13-25(14-4-2)19(26)15-7-11-18(12-8-15)28-20(27)16-5-9-17(10-6-16)24-21(22)23/h5-12H,3-4,13-14H2,1-2H3,(H4,22,23,24). The number of nitrogens with two attached hydrogens (primary N) is 1. The van der Waals surface area contributed by atoms with Gasteiger partial charge in [0, 0.05) is 24.3 Å². The fraction of sp³-hybridized carbons (Fsp3) is 0.286. The van der Waals surface area contributed by atoms with Crippen molar-refractivity contribution in [3.63, 3.8) is 0 Å². The molecule has 0 radical (unpaired) electrons. The van der Waals surface area contributed by atoms with E-state index in [1.165, 1.54) is 0 Å². The Hall–Kier alpha value is -3.35. The minimum absolute atomic E-state index is 0.0184. The highest BCUT2D eigenvalue weighted by Crippen LogP contribution is 2.17. The Balaban J connectivity index is 2.02. The number of benzene rings is 2. The van der Waals surface area contributed by atoms with Crippen LogP contribution in [0, 0.1) is 5.41 Å². The molecule has 1 amide bonds. The summed E-state index contributed by atoms with van der Waals surface area (Å²) in [6.45, 7) is 5.53. The van der Waals surface area contributed by atoms with E-state index in [9.17, 15) is 9.59 Å². The van der Waals surface area contributed by atoms with Gasteiger partial charge in [0.15, 0.2) is 5.96 Å². The molecule has 0 aromatic heterocycles. The van der Waals surface area contributed by atoms with E-state index < -0.39 is 5.97 Å². The van der Waals surface area contributed by atoms with Crippen molar-refractivity contribution in [1.82, 2.24) is 4.90 Å². The van der Waals surface area contributed by atoms with Crippen LogP contribution in [0.5, 0.6) is 5.75 Å². The van der Waals surface area contributed by atoms with E-state index in [4.69, 9.17) is 15.9 Å². The van der Waals surface area contributed by atoms with Gasteiger partial charge >= 0.3 is 5.97 Å². The molecule has 0 unspecified atom stereocenters. The van der Waals surface area contributed by atoms with Gasteiger partial charge in [0.25, 0.3) is 5.91 Å². The van der Waals surface area contributed by atoms with Crippen LogP contribution in [0.3, 0.4) is 0 Å². The first-order valence-corrected chi connectivity index (χ1v) is 9.27. The highest BCUT2D eigenvalue weighted by atomic mass is 16.5. The van der Waals surface area contributed by atoms with Crippen LogP contribution in [-0.4, -0.2) is 35.8 Å². The van der Waals surface area contributed by atoms with E-state index in [2.05, 4.69) is 5.32 Å². The number of guanidine groups is 1. The molecule has 0 saturated carbocycles. The van der Waals surface area contributed by atoms with Crippen LogP contribution in [0.25, 0.3) is 0 Å². The maximum absolute atomic E-state index is 12.6. The third-order valence-electron chi connectivity index (χ3n) is 3.99. The molecule has 0 atom stereocenters. The van der Waals surface area contributed by atoms with Gasteiger partial charge < -0.3 is 20.7 Å². The third-order valence-corrected chi connectivity index (χ3v) is 3.99. The van der Waals surface area contributed by atoms with Crippen LogP contribution in [0.2, 0.25) is 0 Å². The smallest absolute Gasteiger partial charge is 0.343 e. The van der Waals surface area contributed by atoms with E-state index in [-0.39, 0.29) is 11.9 Å². The van der Waals surface area contributed by atoms with Gasteiger partial charge in [0.2, 0.25) is 0 Å². The number of ether oxygens (including phenoxy) is 1. The number of carbonyl (C=O) groups is 2. The lowest BCUT2D eigenvalue weighted by atomic mass is 10.1. The Bertz CT molecular complexity index is 811. The summed E-state index contributed by atoms with van der Waals surface area (Å²) in [7, 11) is 0. The first-order chi connectivity index (χ1) is 13.4. The number of hydrogen-bond donors (Lipinski definition) is 3. The molecule has 0 fully saturated rings. The zero-order valence-electron chi connectivity index (χ0n) is 16.2. The molecule has 148 valence electrons. The van der Waals surface area contributed by atoms with E-state index in [1.807, 2.05) is 18.7 Å². The van der Waals surface area contributed by atoms with Crippen molar-refractivity contribution >= 4 is 23.5 Å². The van der Waals surface area contributed by atoms with Crippen LogP contribution >= 0.6 is 0 Å². The van der Waals surface area contributed by atoms with Gasteiger partial charge in [-0.15, -0.1) is 0 Å². The Morgan fingerprint density at radius 2 is 1.50 bits per heavy atom. The number of nitrogens with one attached hydrogen (secondary N) is 2. The fourth-order valence-corrected chi connectivity index (χ4v) is 2.71. The Kier molecular flexibility index (Phi) is 7.56. The zero-order chi connectivity index (χ0) is 20.5. The van der Waals surface area contributed by atoms with Gasteiger partial charge in [-0.1, -0.05) is 13.8 Å². The maximum atomic E-state index is 12.6. The van der Waals surface area contributed by atoms with Crippen LogP contribution < -0.4 is 15.8 Å². The summed E-state index contributed by atoms with van der Waals surface area (Å²) < 4.78 is 5.36. The SMILES string of the molecule is CCCN(CCC)C(=O)c1ccc(OC(=O)c2ccc(NC(=N)N)cc2)cc1. The summed E-state index contributed by atoms with van der Waals surface area (Å²) >= 11 is 0. The lowest BCUT2D eigenvalue weighted by molar-refractivity contribution is 0.0734. The number of carbonyl (C=O) groups excluding carboxylic acids is 2. The molecular weight excluding hydrogens is 356 g/mol. The van der Waals surface area contributed by atoms with E-state index in [0.717, 1.165) is 25.9 Å². The van der Waals surface area contributed by atoms with Gasteiger partial charge in [0.1, 0.15) is 5.75 Å². The molecule has 28 heavy (non-hydrogen) atoms. The minimum Gasteiger partial charge on any atom is -0.423 e. The lowest BCUT2D eigenvalue weighted by Gasteiger charge is -2.21. The minimum atomic E-state index is -0.507. The number of esters is 1. The number of hydrogen-bond acceptors (Lipinski definition) is 4. The first-order valence-electron chi connectivity index (χ1n) is 9.27. The molecule has 0 spiro atoms. The predicted molar refractivity (Wildman–Crippen MR) is 110 cm³/mol. The van der Waals surface area contributed by atoms with Crippen molar-refractivity contribution < 1.29 is 14.3 Å². The monoisotopic (exact) mass is 382 g/mol. The van der Waals surface area contributed by atoms with Gasteiger partial charge in [-0.05, 0) is 61.4 Å². The molecule has 0 aliphatic rings. The molecule has 0 aliphatic carbocycles. The summed E-state index contributed by atoms with van der Waals surface area (Å²) in [4.78, 5) is 26.7. The van der Waals surface area contributed by atoms with Crippen molar-refractivity contribution in [2.24, 2.45) is 5.73 Å². The summed E-state index contributed by atoms with van der Waals surface area (Å²) in [6, 6.07) is 13.0. The third kappa shape index (κ3) is 5.84. The zero-order valence-corrected chi connectivity index (χ0v) is 16.2.